The molecule has 0 bridgehead atoms. The zero-order valence-corrected chi connectivity index (χ0v) is 15.2. The summed E-state index contributed by atoms with van der Waals surface area (Å²) in [4.78, 5) is 25.6. The van der Waals surface area contributed by atoms with Crippen LogP contribution in [0.5, 0.6) is 5.75 Å². The smallest absolute Gasteiger partial charge is 0.340 e. The number of amidine groups is 1. The zero-order valence-electron chi connectivity index (χ0n) is 14.4. The Bertz CT molecular complexity index is 947. The molecule has 1 aromatic carbocycles. The molecule has 0 fully saturated rings. The Labute approximate surface area is 156 Å². The number of methoxy groups -OCH3 is 1. The Hall–Kier alpha value is -3.14. The van der Waals surface area contributed by atoms with E-state index in [0.717, 1.165) is 0 Å². The van der Waals surface area contributed by atoms with Crippen molar-refractivity contribution in [3.8, 4) is 5.75 Å². The van der Waals surface area contributed by atoms with E-state index in [0.29, 0.717) is 11.4 Å². The molecule has 0 atom stereocenters. The van der Waals surface area contributed by atoms with Gasteiger partial charge in [0.2, 0.25) is 0 Å². The molecule has 0 spiro atoms. The van der Waals surface area contributed by atoms with Crippen molar-refractivity contribution in [3.05, 3.63) is 48.2 Å². The van der Waals surface area contributed by atoms with Gasteiger partial charge in [-0.15, -0.1) is 4.40 Å². The standard InChI is InChI=1S/C17H17N3O6S/c1-25-14-5-3-13(4-6-14)18-16(21)11-26-17(22)12-2-7-15-19-27(23,24)9-8-20(15)10-12/h2-7,10H,8-9,11H2,1H3,(H,18,21). The first kappa shape index (κ1) is 18.6. The van der Waals surface area contributed by atoms with Crippen LogP contribution in [0.15, 0.2) is 52.6 Å². The second-order valence-electron chi connectivity index (χ2n) is 5.70. The Morgan fingerprint density at radius 2 is 1.96 bits per heavy atom. The van der Waals surface area contributed by atoms with Crippen LogP contribution in [0.1, 0.15) is 0 Å². The number of nitrogens with zero attached hydrogens (tertiary/aromatic N) is 2. The third kappa shape index (κ3) is 4.73. The quantitative estimate of drug-likeness (QED) is 0.734. The monoisotopic (exact) mass is 391 g/mol. The van der Waals surface area contributed by atoms with Crippen LogP contribution >= 0.6 is 0 Å². The molecule has 0 aliphatic carbocycles. The molecule has 2 aliphatic rings. The molecule has 1 N–H and O–H groups in total. The maximum absolute atomic E-state index is 12.1. The van der Waals surface area contributed by atoms with Gasteiger partial charge in [0.15, 0.2) is 6.61 Å². The third-order valence-electron chi connectivity index (χ3n) is 3.77. The van der Waals surface area contributed by atoms with Crippen molar-refractivity contribution in [2.45, 2.75) is 0 Å². The lowest BCUT2D eigenvalue weighted by Gasteiger charge is -2.26. The van der Waals surface area contributed by atoms with Gasteiger partial charge in [0.05, 0.1) is 18.4 Å². The van der Waals surface area contributed by atoms with Gasteiger partial charge in [-0.3, -0.25) is 4.79 Å². The summed E-state index contributed by atoms with van der Waals surface area (Å²) in [6, 6.07) is 6.71. The first-order chi connectivity index (χ1) is 12.9. The van der Waals surface area contributed by atoms with Crippen LogP contribution in [0, 0.1) is 0 Å². The number of anilines is 1. The number of carbonyl (C=O) groups is 2. The lowest BCUT2D eigenvalue weighted by atomic mass is 10.2. The molecule has 0 saturated heterocycles. The molecular weight excluding hydrogens is 374 g/mol. The molecule has 2 heterocycles. The first-order valence-corrected chi connectivity index (χ1v) is 9.57. The average Bonchev–Trinajstić information content (AvgIpc) is 2.65. The number of nitrogens with one attached hydrogen (secondary N) is 1. The van der Waals surface area contributed by atoms with Gasteiger partial charge in [0.25, 0.3) is 15.9 Å². The highest BCUT2D eigenvalue weighted by atomic mass is 32.2. The molecule has 2 aliphatic heterocycles. The van der Waals surface area contributed by atoms with Gasteiger partial charge in [-0.2, -0.15) is 0 Å². The SMILES string of the molecule is COc1ccc(NC(=O)COC(=O)C2=CN3CCS(=O)(=O)N=C3C=C2)cc1. The molecule has 1 amide bonds. The van der Waals surface area contributed by atoms with Gasteiger partial charge in [0, 0.05) is 18.4 Å². The molecule has 0 unspecified atom stereocenters. The molecule has 27 heavy (non-hydrogen) atoms. The van der Waals surface area contributed by atoms with E-state index in [-0.39, 0.29) is 23.7 Å². The van der Waals surface area contributed by atoms with E-state index in [4.69, 9.17) is 9.47 Å². The Balaban J connectivity index is 1.54. The van der Waals surface area contributed by atoms with Crippen molar-refractivity contribution in [3.63, 3.8) is 0 Å². The number of fused-ring (bicyclic) bond motifs is 1. The van der Waals surface area contributed by atoms with E-state index < -0.39 is 28.5 Å². The molecule has 142 valence electrons. The predicted molar refractivity (Wildman–Crippen MR) is 97.7 cm³/mol. The summed E-state index contributed by atoms with van der Waals surface area (Å²) >= 11 is 0. The van der Waals surface area contributed by atoms with Gasteiger partial charge < -0.3 is 19.7 Å². The number of hydrogen-bond acceptors (Lipinski definition) is 7. The molecule has 1 aromatic rings. The van der Waals surface area contributed by atoms with Gasteiger partial charge in [0.1, 0.15) is 11.6 Å². The van der Waals surface area contributed by atoms with E-state index >= 15 is 0 Å². The second kappa shape index (κ2) is 7.62. The number of rotatable bonds is 5. The van der Waals surface area contributed by atoms with E-state index in [1.807, 2.05) is 0 Å². The lowest BCUT2D eigenvalue weighted by molar-refractivity contribution is -0.143. The number of amides is 1. The van der Waals surface area contributed by atoms with Crippen LogP contribution in [0.3, 0.4) is 0 Å². The third-order valence-corrected chi connectivity index (χ3v) is 4.93. The van der Waals surface area contributed by atoms with Crippen LogP contribution in [0.2, 0.25) is 0 Å². The van der Waals surface area contributed by atoms with Gasteiger partial charge in [-0.1, -0.05) is 0 Å². The molecule has 3 rings (SSSR count). The number of ether oxygens (including phenoxy) is 2. The Kier molecular flexibility index (Phi) is 5.26. The van der Waals surface area contributed by atoms with E-state index in [1.54, 1.807) is 36.3 Å². The van der Waals surface area contributed by atoms with Gasteiger partial charge in [-0.05, 0) is 36.4 Å². The van der Waals surface area contributed by atoms with Crippen molar-refractivity contribution in [2.24, 2.45) is 4.40 Å². The van der Waals surface area contributed by atoms with E-state index in [2.05, 4.69) is 9.71 Å². The number of hydrogen-bond donors (Lipinski definition) is 1. The highest BCUT2D eigenvalue weighted by Gasteiger charge is 2.25. The van der Waals surface area contributed by atoms with E-state index in [9.17, 15) is 18.0 Å². The predicted octanol–water partition coefficient (Wildman–Crippen LogP) is 0.674. The minimum absolute atomic E-state index is 0.132. The van der Waals surface area contributed by atoms with Crippen LogP contribution in [-0.4, -0.2) is 57.0 Å². The average molecular weight is 391 g/mol. The fourth-order valence-electron chi connectivity index (χ4n) is 2.41. The summed E-state index contributed by atoms with van der Waals surface area (Å²) in [7, 11) is -1.92. The number of sulfonamides is 1. The molecule has 0 saturated carbocycles. The first-order valence-electron chi connectivity index (χ1n) is 7.96. The summed E-state index contributed by atoms with van der Waals surface area (Å²) in [5.41, 5.74) is 0.745. The lowest BCUT2D eigenvalue weighted by Crippen LogP contribution is -2.37. The summed E-state index contributed by atoms with van der Waals surface area (Å²) in [6.45, 7) is -0.258. The minimum Gasteiger partial charge on any atom is -0.497 e. The van der Waals surface area contributed by atoms with Gasteiger partial charge in [-0.25, -0.2) is 13.2 Å². The van der Waals surface area contributed by atoms with Crippen molar-refractivity contribution >= 4 is 33.4 Å². The highest BCUT2D eigenvalue weighted by Crippen LogP contribution is 2.17. The Morgan fingerprint density at radius 3 is 2.67 bits per heavy atom. The van der Waals surface area contributed by atoms with Crippen LogP contribution in [-0.2, 0) is 24.3 Å². The second-order valence-corrected chi connectivity index (χ2v) is 7.45. The van der Waals surface area contributed by atoms with Crippen molar-refractivity contribution < 1.29 is 27.5 Å². The summed E-state index contributed by atoms with van der Waals surface area (Å²) in [6.07, 6.45) is 4.28. The summed E-state index contributed by atoms with van der Waals surface area (Å²) in [5, 5.41) is 2.60. The largest absolute Gasteiger partial charge is 0.497 e. The highest BCUT2D eigenvalue weighted by molar-refractivity contribution is 7.90. The number of esters is 1. The maximum atomic E-state index is 12.1. The number of carbonyl (C=O) groups excluding carboxylic acids is 2. The molecule has 10 heteroatoms. The fraction of sp³-hybridized carbons (Fsp3) is 0.235. The van der Waals surface area contributed by atoms with Crippen LogP contribution in [0.25, 0.3) is 0 Å². The number of benzene rings is 1. The maximum Gasteiger partial charge on any atom is 0.340 e. The van der Waals surface area contributed by atoms with Crippen LogP contribution < -0.4 is 10.1 Å². The summed E-state index contributed by atoms with van der Waals surface area (Å²) in [5.74, 6) is -0.407. The normalized spacial score (nSPS) is 17.3. The minimum atomic E-state index is -3.46. The molecule has 0 aromatic heterocycles. The molecule has 0 radical (unpaired) electrons. The fourth-order valence-corrected chi connectivity index (χ4v) is 3.38. The van der Waals surface area contributed by atoms with Crippen molar-refractivity contribution in [1.82, 2.24) is 4.90 Å². The van der Waals surface area contributed by atoms with Crippen molar-refractivity contribution in [1.29, 1.82) is 0 Å². The Morgan fingerprint density at radius 1 is 1.22 bits per heavy atom. The van der Waals surface area contributed by atoms with Crippen LogP contribution in [0.4, 0.5) is 5.69 Å². The molecule has 9 nitrogen and oxygen atoms in total. The molecular formula is C17H17N3O6S. The van der Waals surface area contributed by atoms with E-state index in [1.165, 1.54) is 18.4 Å². The van der Waals surface area contributed by atoms with Gasteiger partial charge >= 0.3 is 5.97 Å². The van der Waals surface area contributed by atoms with Crippen molar-refractivity contribution in [2.75, 3.05) is 31.3 Å². The zero-order chi connectivity index (χ0) is 19.4. The summed E-state index contributed by atoms with van der Waals surface area (Å²) < 4.78 is 36.6. The topological polar surface area (TPSA) is 114 Å².